The lowest BCUT2D eigenvalue weighted by Crippen LogP contribution is -2.25. The van der Waals surface area contributed by atoms with E-state index in [1.807, 2.05) is 14.0 Å². The van der Waals surface area contributed by atoms with Crippen molar-refractivity contribution in [3.05, 3.63) is 29.8 Å². The second-order valence-electron chi connectivity index (χ2n) is 4.90. The van der Waals surface area contributed by atoms with Crippen LogP contribution in [-0.2, 0) is 14.8 Å². The molecule has 1 rings (SSSR count). The number of benzene rings is 1. The number of sulfonamides is 1. The summed E-state index contributed by atoms with van der Waals surface area (Å²) in [6.45, 7) is 2.30. The molecule has 0 bridgehead atoms. The van der Waals surface area contributed by atoms with Gasteiger partial charge < -0.3 is 11.1 Å². The van der Waals surface area contributed by atoms with E-state index in [0.717, 1.165) is 5.56 Å². The van der Waals surface area contributed by atoms with Gasteiger partial charge in [0.25, 0.3) is 0 Å². The van der Waals surface area contributed by atoms with Gasteiger partial charge >= 0.3 is 0 Å². The smallest absolute Gasteiger partial charge is 0.240 e. The molecule has 21 heavy (non-hydrogen) atoms. The van der Waals surface area contributed by atoms with Gasteiger partial charge in [0.05, 0.1) is 4.90 Å². The molecule has 7 heteroatoms. The van der Waals surface area contributed by atoms with Crippen molar-refractivity contribution in [3.63, 3.8) is 0 Å². The van der Waals surface area contributed by atoms with Crippen LogP contribution in [-0.4, -0.2) is 27.9 Å². The van der Waals surface area contributed by atoms with E-state index in [2.05, 4.69) is 10.0 Å². The van der Waals surface area contributed by atoms with Crippen LogP contribution in [0.4, 0.5) is 0 Å². The highest BCUT2D eigenvalue weighted by Crippen LogP contribution is 2.15. The highest BCUT2D eigenvalue weighted by Gasteiger charge is 2.13. The average Bonchev–Trinajstić information content (AvgIpc) is 2.45. The predicted octanol–water partition coefficient (Wildman–Crippen LogP) is 0.901. The van der Waals surface area contributed by atoms with Gasteiger partial charge in [-0.25, -0.2) is 13.1 Å². The highest BCUT2D eigenvalue weighted by atomic mass is 32.2. The molecule has 6 nitrogen and oxygen atoms in total. The monoisotopic (exact) mass is 313 g/mol. The maximum absolute atomic E-state index is 12.1. The molecule has 1 unspecified atom stereocenters. The van der Waals surface area contributed by atoms with E-state index in [-0.39, 0.29) is 23.3 Å². The quantitative estimate of drug-likeness (QED) is 0.590. The zero-order valence-electron chi connectivity index (χ0n) is 12.4. The zero-order valence-corrected chi connectivity index (χ0v) is 13.2. The molecule has 0 heterocycles. The lowest BCUT2D eigenvalue weighted by molar-refractivity contribution is -0.118. The van der Waals surface area contributed by atoms with Crippen LogP contribution in [0.5, 0.6) is 0 Å². The van der Waals surface area contributed by atoms with Crippen molar-refractivity contribution < 1.29 is 13.2 Å². The fraction of sp³-hybridized carbons (Fsp3) is 0.500. The largest absolute Gasteiger partial charge is 0.370 e. The van der Waals surface area contributed by atoms with Crippen molar-refractivity contribution in [2.75, 3.05) is 13.6 Å². The number of unbranched alkanes of at least 4 members (excludes halogenated alkanes) is 1. The summed E-state index contributed by atoms with van der Waals surface area (Å²) >= 11 is 0. The summed E-state index contributed by atoms with van der Waals surface area (Å²) in [6, 6.07) is 6.94. The Kier molecular flexibility index (Phi) is 6.80. The Morgan fingerprint density at radius 2 is 1.86 bits per heavy atom. The Bertz CT molecular complexity index is 555. The van der Waals surface area contributed by atoms with Gasteiger partial charge in [-0.3, -0.25) is 4.79 Å². The van der Waals surface area contributed by atoms with Crippen molar-refractivity contribution >= 4 is 15.9 Å². The van der Waals surface area contributed by atoms with E-state index in [9.17, 15) is 13.2 Å². The molecular weight excluding hydrogens is 290 g/mol. The van der Waals surface area contributed by atoms with Crippen LogP contribution in [0.15, 0.2) is 29.2 Å². The molecule has 0 fully saturated rings. The van der Waals surface area contributed by atoms with Crippen molar-refractivity contribution in [2.24, 2.45) is 5.73 Å². The van der Waals surface area contributed by atoms with Gasteiger partial charge in [-0.05, 0) is 44.5 Å². The molecule has 0 aliphatic carbocycles. The lowest BCUT2D eigenvalue weighted by atomic mass is 10.1. The van der Waals surface area contributed by atoms with E-state index in [1.165, 1.54) is 0 Å². The lowest BCUT2D eigenvalue weighted by Gasteiger charge is -2.11. The van der Waals surface area contributed by atoms with Gasteiger partial charge in [-0.2, -0.15) is 0 Å². The molecule has 1 amide bonds. The van der Waals surface area contributed by atoms with Crippen LogP contribution in [0.2, 0.25) is 0 Å². The third-order valence-electron chi connectivity index (χ3n) is 3.27. The summed E-state index contributed by atoms with van der Waals surface area (Å²) < 4.78 is 26.6. The number of carbonyl (C=O) groups is 1. The first-order chi connectivity index (χ1) is 9.86. The van der Waals surface area contributed by atoms with Crippen LogP contribution in [0, 0.1) is 0 Å². The fourth-order valence-corrected chi connectivity index (χ4v) is 2.89. The van der Waals surface area contributed by atoms with Gasteiger partial charge in [0.1, 0.15) is 0 Å². The molecule has 0 radical (unpaired) electrons. The molecule has 0 saturated heterocycles. The van der Waals surface area contributed by atoms with Crippen LogP contribution in [0.25, 0.3) is 0 Å². The topological polar surface area (TPSA) is 101 Å². The van der Waals surface area contributed by atoms with E-state index >= 15 is 0 Å². The Hall–Kier alpha value is -1.44. The van der Waals surface area contributed by atoms with Crippen LogP contribution in [0.3, 0.4) is 0 Å². The number of hydrogen-bond donors (Lipinski definition) is 3. The maximum Gasteiger partial charge on any atom is 0.240 e. The Morgan fingerprint density at radius 3 is 2.38 bits per heavy atom. The molecule has 0 saturated carbocycles. The second kappa shape index (κ2) is 8.11. The Labute approximate surface area is 126 Å². The minimum atomic E-state index is -3.50. The summed E-state index contributed by atoms with van der Waals surface area (Å²) in [6.07, 6.45) is 1.44. The molecule has 118 valence electrons. The summed E-state index contributed by atoms with van der Waals surface area (Å²) in [5.41, 5.74) is 6.04. The third-order valence-corrected chi connectivity index (χ3v) is 4.74. The number of primary amides is 1. The number of carbonyl (C=O) groups excluding carboxylic acids is 1. The zero-order chi connectivity index (χ0) is 15.9. The van der Waals surface area contributed by atoms with E-state index in [0.29, 0.717) is 19.4 Å². The number of nitrogens with two attached hydrogens (primary N) is 1. The second-order valence-corrected chi connectivity index (χ2v) is 6.67. The maximum atomic E-state index is 12.1. The van der Waals surface area contributed by atoms with E-state index in [1.54, 1.807) is 24.3 Å². The average molecular weight is 313 g/mol. The van der Waals surface area contributed by atoms with Gasteiger partial charge in [0.15, 0.2) is 0 Å². The van der Waals surface area contributed by atoms with E-state index < -0.39 is 10.0 Å². The molecule has 0 spiro atoms. The van der Waals surface area contributed by atoms with Crippen molar-refractivity contribution in [1.82, 2.24) is 10.0 Å². The van der Waals surface area contributed by atoms with E-state index in [4.69, 9.17) is 5.73 Å². The minimum Gasteiger partial charge on any atom is -0.370 e. The number of hydrogen-bond acceptors (Lipinski definition) is 4. The highest BCUT2D eigenvalue weighted by molar-refractivity contribution is 7.89. The van der Waals surface area contributed by atoms with Crippen molar-refractivity contribution in [1.29, 1.82) is 0 Å². The number of rotatable bonds is 9. The SMILES string of the molecule is CNC(C)c1ccc(S(=O)(=O)NCCCCC(N)=O)cc1. The molecule has 1 atom stereocenters. The standard InChI is InChI=1S/C14H23N3O3S/c1-11(16-2)12-6-8-13(9-7-12)21(19,20)17-10-4-3-5-14(15)18/h6-9,11,16-17H,3-5,10H2,1-2H3,(H2,15,18). The predicted molar refractivity (Wildman–Crippen MR) is 82.2 cm³/mol. The van der Waals surface area contributed by atoms with Gasteiger partial charge in [0, 0.05) is 19.0 Å². The van der Waals surface area contributed by atoms with Crippen LogP contribution in [0.1, 0.15) is 37.8 Å². The van der Waals surface area contributed by atoms with Crippen LogP contribution >= 0.6 is 0 Å². The molecular formula is C14H23N3O3S. The number of amides is 1. The first-order valence-corrected chi connectivity index (χ1v) is 8.40. The fourth-order valence-electron chi connectivity index (χ4n) is 1.82. The van der Waals surface area contributed by atoms with Gasteiger partial charge in [-0.15, -0.1) is 0 Å². The Balaban J connectivity index is 2.56. The third kappa shape index (κ3) is 5.82. The van der Waals surface area contributed by atoms with Gasteiger partial charge in [-0.1, -0.05) is 12.1 Å². The number of nitrogens with one attached hydrogen (secondary N) is 2. The summed E-state index contributed by atoms with van der Waals surface area (Å²) in [4.78, 5) is 10.8. The summed E-state index contributed by atoms with van der Waals surface area (Å²) in [5.74, 6) is -0.368. The first kappa shape index (κ1) is 17.6. The summed E-state index contributed by atoms with van der Waals surface area (Å²) in [7, 11) is -1.65. The van der Waals surface area contributed by atoms with Crippen LogP contribution < -0.4 is 15.8 Å². The molecule has 1 aromatic carbocycles. The van der Waals surface area contributed by atoms with Crippen molar-refractivity contribution in [3.8, 4) is 0 Å². The molecule has 0 aromatic heterocycles. The van der Waals surface area contributed by atoms with Crippen molar-refractivity contribution in [2.45, 2.75) is 37.1 Å². The molecule has 0 aliphatic heterocycles. The Morgan fingerprint density at radius 1 is 1.24 bits per heavy atom. The molecule has 4 N–H and O–H groups in total. The first-order valence-electron chi connectivity index (χ1n) is 6.92. The minimum absolute atomic E-state index is 0.170. The van der Waals surface area contributed by atoms with Gasteiger partial charge in [0.2, 0.25) is 15.9 Å². The summed E-state index contributed by atoms with van der Waals surface area (Å²) in [5, 5.41) is 3.09. The molecule has 0 aliphatic rings. The molecule has 1 aromatic rings. The normalized spacial score (nSPS) is 13.0.